The molecule has 1 aliphatic rings. The van der Waals surface area contributed by atoms with Crippen molar-refractivity contribution < 1.29 is 19.1 Å². The van der Waals surface area contributed by atoms with E-state index < -0.39 is 17.6 Å². The first-order valence-electron chi connectivity index (χ1n) is 15.9. The number of amides is 3. The first-order valence-corrected chi connectivity index (χ1v) is 15.9. The van der Waals surface area contributed by atoms with Gasteiger partial charge in [-0.2, -0.15) is 0 Å². The summed E-state index contributed by atoms with van der Waals surface area (Å²) >= 11 is 0. The number of carbonyl (C=O) groups excluding carboxylic acids is 3. The quantitative estimate of drug-likeness (QED) is 0.258. The van der Waals surface area contributed by atoms with E-state index in [4.69, 9.17) is 10.5 Å². The maximum Gasteiger partial charge on any atom is 0.246 e. The van der Waals surface area contributed by atoms with Gasteiger partial charge in [-0.05, 0) is 67.5 Å². The second-order valence-corrected chi connectivity index (χ2v) is 12.8. The molecule has 1 unspecified atom stereocenters. The molecular weight excluding hydrogens is 564 g/mol. The molecular formula is C37H48N4O4. The molecule has 8 nitrogen and oxygen atoms in total. The predicted molar refractivity (Wildman–Crippen MR) is 180 cm³/mol. The second kappa shape index (κ2) is 15.8. The van der Waals surface area contributed by atoms with Gasteiger partial charge in [0.25, 0.3) is 0 Å². The number of ether oxygens (including phenoxy) is 1. The van der Waals surface area contributed by atoms with Gasteiger partial charge in [-0.3, -0.25) is 14.4 Å². The Morgan fingerprint density at radius 2 is 1.62 bits per heavy atom. The number of benzene rings is 3. The SMILES string of the molecule is CN(C(=O)C=CCC(C)(C)N)[C@H](Cc1ccc2ccccc2c1)C(=O)N(C)[C@H](Cc1ccccc1)C(=O)NCCC1CCCO1. The number of carbonyl (C=O) groups is 3. The summed E-state index contributed by atoms with van der Waals surface area (Å²) in [5.41, 5.74) is 7.51. The molecule has 3 amide bonds. The molecule has 1 saturated heterocycles. The summed E-state index contributed by atoms with van der Waals surface area (Å²) in [7, 11) is 3.31. The largest absolute Gasteiger partial charge is 0.378 e. The van der Waals surface area contributed by atoms with Crippen molar-refractivity contribution in [3.05, 3.63) is 96.1 Å². The highest BCUT2D eigenvalue weighted by Gasteiger charge is 2.35. The van der Waals surface area contributed by atoms with E-state index in [1.807, 2.05) is 80.6 Å². The van der Waals surface area contributed by atoms with E-state index >= 15 is 0 Å². The number of likely N-dealkylation sites (N-methyl/N-ethyl adjacent to an activating group) is 2. The van der Waals surface area contributed by atoms with Crippen LogP contribution in [0.5, 0.6) is 0 Å². The fourth-order valence-corrected chi connectivity index (χ4v) is 5.69. The minimum Gasteiger partial charge on any atom is -0.378 e. The van der Waals surface area contributed by atoms with Crippen molar-refractivity contribution in [3.8, 4) is 0 Å². The Balaban J connectivity index is 1.59. The molecule has 1 aliphatic heterocycles. The van der Waals surface area contributed by atoms with E-state index in [1.165, 1.54) is 15.9 Å². The smallest absolute Gasteiger partial charge is 0.246 e. The predicted octanol–water partition coefficient (Wildman–Crippen LogP) is 4.65. The molecule has 0 spiro atoms. The lowest BCUT2D eigenvalue weighted by Gasteiger charge is -2.34. The second-order valence-electron chi connectivity index (χ2n) is 12.8. The number of nitrogens with one attached hydrogen (secondary N) is 1. The van der Waals surface area contributed by atoms with Crippen LogP contribution in [-0.2, 0) is 32.0 Å². The Kier molecular flexibility index (Phi) is 11.9. The lowest BCUT2D eigenvalue weighted by Crippen LogP contribution is -2.56. The van der Waals surface area contributed by atoms with Gasteiger partial charge in [0.2, 0.25) is 17.7 Å². The zero-order valence-corrected chi connectivity index (χ0v) is 27.1. The Bertz CT molecular complexity index is 1460. The third kappa shape index (κ3) is 9.99. The summed E-state index contributed by atoms with van der Waals surface area (Å²) in [6, 6.07) is 22.2. The van der Waals surface area contributed by atoms with E-state index in [-0.39, 0.29) is 23.8 Å². The van der Waals surface area contributed by atoms with Crippen LogP contribution in [-0.4, -0.2) is 78.5 Å². The maximum atomic E-state index is 14.4. The summed E-state index contributed by atoms with van der Waals surface area (Å²) in [5.74, 6) is -0.828. The minimum atomic E-state index is -0.836. The molecule has 3 aromatic carbocycles. The topological polar surface area (TPSA) is 105 Å². The van der Waals surface area contributed by atoms with Crippen molar-refractivity contribution in [2.75, 3.05) is 27.2 Å². The lowest BCUT2D eigenvalue weighted by atomic mass is 9.98. The minimum absolute atomic E-state index is 0.154. The van der Waals surface area contributed by atoms with E-state index in [0.717, 1.165) is 47.8 Å². The molecule has 3 aromatic rings. The molecule has 0 aliphatic carbocycles. The fraction of sp³-hybridized carbons (Fsp3) is 0.432. The lowest BCUT2D eigenvalue weighted by molar-refractivity contribution is -0.146. The fourth-order valence-electron chi connectivity index (χ4n) is 5.69. The van der Waals surface area contributed by atoms with E-state index in [9.17, 15) is 14.4 Å². The van der Waals surface area contributed by atoms with Gasteiger partial charge >= 0.3 is 0 Å². The molecule has 0 radical (unpaired) electrons. The molecule has 0 saturated carbocycles. The summed E-state index contributed by atoms with van der Waals surface area (Å²) in [6.07, 6.45) is 7.31. The van der Waals surface area contributed by atoms with Gasteiger partial charge in [0, 0.05) is 45.6 Å². The average molecular weight is 613 g/mol. The maximum absolute atomic E-state index is 14.4. The molecule has 0 aromatic heterocycles. The van der Waals surface area contributed by atoms with E-state index in [1.54, 1.807) is 20.2 Å². The van der Waals surface area contributed by atoms with Crippen LogP contribution in [0.1, 0.15) is 50.7 Å². The van der Waals surface area contributed by atoms with Crippen LogP contribution in [0.2, 0.25) is 0 Å². The van der Waals surface area contributed by atoms with Crippen molar-refractivity contribution in [2.24, 2.45) is 5.73 Å². The molecule has 3 N–H and O–H groups in total. The zero-order valence-electron chi connectivity index (χ0n) is 27.1. The average Bonchev–Trinajstić information content (AvgIpc) is 3.55. The van der Waals surface area contributed by atoms with Crippen molar-refractivity contribution >= 4 is 28.5 Å². The van der Waals surface area contributed by atoms with E-state index in [2.05, 4.69) is 11.4 Å². The van der Waals surface area contributed by atoms with Crippen LogP contribution in [0.4, 0.5) is 0 Å². The molecule has 8 heteroatoms. The highest BCUT2D eigenvalue weighted by atomic mass is 16.5. The molecule has 1 heterocycles. The van der Waals surface area contributed by atoms with E-state index in [0.29, 0.717) is 25.8 Å². The Labute approximate surface area is 267 Å². The zero-order chi connectivity index (χ0) is 32.4. The molecule has 1 fully saturated rings. The Hall–Kier alpha value is -4.01. The van der Waals surface area contributed by atoms with Crippen LogP contribution in [0, 0.1) is 0 Å². The monoisotopic (exact) mass is 612 g/mol. The number of fused-ring (bicyclic) bond motifs is 1. The van der Waals surface area contributed by atoms with Gasteiger partial charge in [-0.15, -0.1) is 0 Å². The number of nitrogens with two attached hydrogens (primary N) is 1. The van der Waals surface area contributed by atoms with Crippen molar-refractivity contribution in [1.29, 1.82) is 0 Å². The van der Waals surface area contributed by atoms with Crippen molar-refractivity contribution in [2.45, 2.75) is 76.1 Å². The van der Waals surface area contributed by atoms with Crippen LogP contribution < -0.4 is 11.1 Å². The summed E-state index contributed by atoms with van der Waals surface area (Å²) in [6.45, 7) is 5.02. The number of rotatable bonds is 14. The highest BCUT2D eigenvalue weighted by molar-refractivity contribution is 5.95. The highest BCUT2D eigenvalue weighted by Crippen LogP contribution is 2.21. The third-order valence-corrected chi connectivity index (χ3v) is 8.43. The van der Waals surface area contributed by atoms with Crippen molar-refractivity contribution in [3.63, 3.8) is 0 Å². The number of hydrogen-bond donors (Lipinski definition) is 2. The van der Waals surface area contributed by atoms with Gasteiger partial charge in [0.1, 0.15) is 12.1 Å². The number of hydrogen-bond acceptors (Lipinski definition) is 5. The first-order chi connectivity index (χ1) is 21.5. The van der Waals surface area contributed by atoms with Gasteiger partial charge in [-0.25, -0.2) is 0 Å². The molecule has 240 valence electrons. The summed E-state index contributed by atoms with van der Waals surface area (Å²) in [4.78, 5) is 44.5. The van der Waals surface area contributed by atoms with Gasteiger partial charge in [0.05, 0.1) is 6.10 Å². The molecule has 4 rings (SSSR count). The molecule has 0 bridgehead atoms. The van der Waals surface area contributed by atoms with Gasteiger partial charge in [0.15, 0.2) is 0 Å². The van der Waals surface area contributed by atoms with Gasteiger partial charge < -0.3 is 25.6 Å². The van der Waals surface area contributed by atoms with Crippen LogP contribution in [0.3, 0.4) is 0 Å². The summed E-state index contributed by atoms with van der Waals surface area (Å²) in [5, 5.41) is 5.21. The summed E-state index contributed by atoms with van der Waals surface area (Å²) < 4.78 is 5.72. The number of nitrogens with zero attached hydrogens (tertiary/aromatic N) is 2. The van der Waals surface area contributed by atoms with Crippen LogP contribution in [0.15, 0.2) is 84.9 Å². The van der Waals surface area contributed by atoms with Crippen molar-refractivity contribution in [1.82, 2.24) is 15.1 Å². The molecule has 3 atom stereocenters. The normalized spacial score (nSPS) is 16.4. The Morgan fingerprint density at radius 3 is 2.31 bits per heavy atom. The Morgan fingerprint density at radius 1 is 0.933 bits per heavy atom. The molecule has 45 heavy (non-hydrogen) atoms. The van der Waals surface area contributed by atoms with Crippen LogP contribution >= 0.6 is 0 Å². The third-order valence-electron chi connectivity index (χ3n) is 8.43. The first kappa shape index (κ1) is 33.9. The van der Waals surface area contributed by atoms with Crippen LogP contribution in [0.25, 0.3) is 10.8 Å². The standard InChI is InChI=1S/C37H48N4O4/c1-37(2,38)21-10-17-34(42)40(3)33(26-28-18-19-29-14-8-9-15-30(29)24-28)36(44)41(4)32(25-27-12-6-5-7-13-27)35(43)39-22-20-31-16-11-23-45-31/h5-10,12-15,17-19,24,31-33H,11,16,20-23,25-26,38H2,1-4H3,(H,39,43)/t31?,32-,33-/m1/s1. The van der Waals surface area contributed by atoms with Gasteiger partial charge in [-0.1, -0.05) is 78.9 Å².